The van der Waals surface area contributed by atoms with Gasteiger partial charge in [0.2, 0.25) is 0 Å². The van der Waals surface area contributed by atoms with E-state index in [-0.39, 0.29) is 17.9 Å². The van der Waals surface area contributed by atoms with E-state index in [1.807, 2.05) is 38.1 Å². The topological polar surface area (TPSA) is 81.7 Å². The summed E-state index contributed by atoms with van der Waals surface area (Å²) in [6.45, 7) is 6.12. The number of aromatic nitrogens is 2. The van der Waals surface area contributed by atoms with Gasteiger partial charge in [-0.3, -0.25) is 9.89 Å². The number of amides is 1. The lowest BCUT2D eigenvalue weighted by molar-refractivity contribution is -0.135. The number of carbonyl (C=O) groups is 1. The first-order chi connectivity index (χ1) is 16.7. The summed E-state index contributed by atoms with van der Waals surface area (Å²) in [5, 5.41) is 17.6. The number of aromatic hydroxyl groups is 1. The van der Waals surface area contributed by atoms with Crippen LogP contribution in [-0.2, 0) is 11.2 Å². The minimum atomic E-state index is -0.964. The molecule has 1 fully saturated rings. The number of aryl methyl sites for hydroxylation is 1. The molecule has 1 aromatic heterocycles. The van der Waals surface area contributed by atoms with Crippen LogP contribution >= 0.6 is 0 Å². The molecule has 0 atom stereocenters. The molecule has 7 nitrogen and oxygen atoms in total. The maximum Gasteiger partial charge on any atom is 0.282 e. The number of aromatic amines is 1. The third-order valence-corrected chi connectivity index (χ3v) is 6.47. The van der Waals surface area contributed by atoms with E-state index in [1.165, 1.54) is 17.0 Å². The third-order valence-electron chi connectivity index (χ3n) is 6.47. The fourth-order valence-electron chi connectivity index (χ4n) is 4.42. The van der Waals surface area contributed by atoms with Crippen molar-refractivity contribution in [1.82, 2.24) is 20.0 Å². The summed E-state index contributed by atoms with van der Waals surface area (Å²) in [4.78, 5) is 15.8. The molecule has 0 spiro atoms. The first kappa shape index (κ1) is 24.7. The number of H-pyrrole nitrogens is 1. The Labute approximate surface area is 203 Å². The molecule has 1 heterocycles. The Morgan fingerprint density at radius 1 is 1.26 bits per heavy atom. The highest BCUT2D eigenvalue weighted by Crippen LogP contribution is 2.38. The fourth-order valence-corrected chi connectivity index (χ4v) is 4.42. The smallest absolute Gasteiger partial charge is 0.282 e. The highest BCUT2D eigenvalue weighted by Gasteiger charge is 2.38. The Kier molecular flexibility index (Phi) is 7.07. The van der Waals surface area contributed by atoms with Gasteiger partial charge in [-0.1, -0.05) is 13.5 Å². The number of halogens is 2. The van der Waals surface area contributed by atoms with Gasteiger partial charge in [-0.15, -0.1) is 0 Å². The molecule has 0 radical (unpaired) electrons. The molecule has 0 saturated heterocycles. The number of nitrogens with zero attached hydrogens (tertiary/aromatic N) is 3. The number of fused-ring (bicyclic) bond motifs is 1. The Morgan fingerprint density at radius 3 is 2.66 bits per heavy atom. The van der Waals surface area contributed by atoms with Crippen molar-refractivity contribution < 1.29 is 23.4 Å². The second-order valence-corrected chi connectivity index (χ2v) is 9.19. The molecule has 1 saturated carbocycles. The van der Waals surface area contributed by atoms with E-state index < -0.39 is 17.6 Å². The van der Waals surface area contributed by atoms with Crippen LogP contribution in [0.25, 0.3) is 22.0 Å². The van der Waals surface area contributed by atoms with Gasteiger partial charge >= 0.3 is 0 Å². The van der Waals surface area contributed by atoms with Crippen molar-refractivity contribution in [1.29, 1.82) is 0 Å². The van der Waals surface area contributed by atoms with Crippen LogP contribution in [0.1, 0.15) is 25.3 Å². The van der Waals surface area contributed by atoms with Gasteiger partial charge in [-0.2, -0.15) is 5.10 Å². The lowest BCUT2D eigenvalue weighted by Crippen LogP contribution is -2.53. The molecule has 4 rings (SSSR count). The lowest BCUT2D eigenvalue weighted by atomic mass is 9.87. The van der Waals surface area contributed by atoms with Gasteiger partial charge in [0.05, 0.1) is 17.1 Å². The number of carbonyl (C=O) groups excluding carboxylic acids is 1. The standard InChI is InChI=1S/C26H30F2N4O3/c1-5-16-9-24(33)22(28)13-20(16)17-8-23-21(14-29-30-23)25(10-17)35-19-11-18(12-19)32(7-6-31(3)4)26(34)15(2)27/h8-10,13-14,18-19,33H,2,5-7,11-12H2,1,3-4H3,(H,29,30). The van der Waals surface area contributed by atoms with Crippen molar-refractivity contribution in [3.63, 3.8) is 0 Å². The summed E-state index contributed by atoms with van der Waals surface area (Å²) in [6.07, 6.45) is 3.23. The molecular formula is C26H30F2N4O3. The number of phenols is 1. The number of likely N-dealkylation sites (N-methyl/N-ethyl adjacent to an activating group) is 1. The Morgan fingerprint density at radius 2 is 2.00 bits per heavy atom. The Balaban J connectivity index is 1.56. The minimum Gasteiger partial charge on any atom is -0.505 e. The zero-order valence-electron chi connectivity index (χ0n) is 20.1. The Bertz CT molecular complexity index is 1250. The van der Waals surface area contributed by atoms with Crippen LogP contribution in [0.2, 0.25) is 0 Å². The number of benzene rings is 2. The van der Waals surface area contributed by atoms with Gasteiger partial charge in [0.15, 0.2) is 17.4 Å². The van der Waals surface area contributed by atoms with E-state index in [0.29, 0.717) is 43.7 Å². The first-order valence-electron chi connectivity index (χ1n) is 11.6. The summed E-state index contributed by atoms with van der Waals surface area (Å²) in [6, 6.07) is 6.34. The minimum absolute atomic E-state index is 0.138. The van der Waals surface area contributed by atoms with Gasteiger partial charge < -0.3 is 19.6 Å². The molecule has 0 bridgehead atoms. The largest absolute Gasteiger partial charge is 0.505 e. The van der Waals surface area contributed by atoms with Crippen molar-refractivity contribution >= 4 is 16.8 Å². The van der Waals surface area contributed by atoms with E-state index in [9.17, 15) is 18.7 Å². The van der Waals surface area contributed by atoms with Crippen LogP contribution in [0, 0.1) is 5.82 Å². The molecule has 2 N–H and O–H groups in total. The van der Waals surface area contributed by atoms with Crippen molar-refractivity contribution in [2.75, 3.05) is 27.2 Å². The van der Waals surface area contributed by atoms with Gasteiger partial charge in [0.1, 0.15) is 11.9 Å². The molecule has 35 heavy (non-hydrogen) atoms. The molecule has 3 aromatic rings. The summed E-state index contributed by atoms with van der Waals surface area (Å²) < 4.78 is 34.1. The molecule has 1 aliphatic rings. The monoisotopic (exact) mass is 484 g/mol. The highest BCUT2D eigenvalue weighted by molar-refractivity contribution is 5.91. The number of nitrogens with one attached hydrogen (secondary N) is 1. The van der Waals surface area contributed by atoms with E-state index >= 15 is 0 Å². The summed E-state index contributed by atoms with van der Waals surface area (Å²) in [5.41, 5.74) is 2.94. The van der Waals surface area contributed by atoms with Crippen LogP contribution in [0.5, 0.6) is 11.5 Å². The van der Waals surface area contributed by atoms with Crippen molar-refractivity contribution in [3.8, 4) is 22.6 Å². The average molecular weight is 485 g/mol. The van der Waals surface area contributed by atoms with Crippen LogP contribution in [0.4, 0.5) is 8.78 Å². The second kappa shape index (κ2) is 10.0. The molecule has 1 aliphatic carbocycles. The summed E-state index contributed by atoms with van der Waals surface area (Å²) in [5.74, 6) is -2.13. The lowest BCUT2D eigenvalue weighted by Gasteiger charge is -2.42. The molecule has 9 heteroatoms. The predicted molar refractivity (Wildman–Crippen MR) is 130 cm³/mol. The van der Waals surface area contributed by atoms with Crippen LogP contribution in [0.15, 0.2) is 42.9 Å². The maximum absolute atomic E-state index is 14.2. The van der Waals surface area contributed by atoms with Gasteiger partial charge in [0.25, 0.3) is 5.91 Å². The van der Waals surface area contributed by atoms with E-state index in [1.54, 1.807) is 6.20 Å². The summed E-state index contributed by atoms with van der Waals surface area (Å²) >= 11 is 0. The SMILES string of the molecule is C=C(F)C(=O)N(CCN(C)C)C1CC(Oc2cc(-c3cc(F)c(O)cc3CC)cc3[nH]ncc23)C1. The fraction of sp³-hybridized carbons (Fsp3) is 0.385. The quantitative estimate of drug-likeness (QED) is 0.440. The summed E-state index contributed by atoms with van der Waals surface area (Å²) in [7, 11) is 3.79. The average Bonchev–Trinajstić information content (AvgIpc) is 3.27. The van der Waals surface area contributed by atoms with E-state index in [2.05, 4.69) is 16.8 Å². The van der Waals surface area contributed by atoms with Crippen molar-refractivity contribution in [3.05, 3.63) is 54.2 Å². The molecule has 1 amide bonds. The van der Waals surface area contributed by atoms with Crippen LogP contribution in [0.3, 0.4) is 0 Å². The van der Waals surface area contributed by atoms with Crippen molar-refractivity contribution in [2.24, 2.45) is 0 Å². The number of hydrogen-bond donors (Lipinski definition) is 2. The number of rotatable bonds is 9. The zero-order chi connectivity index (χ0) is 25.3. The first-order valence-corrected chi connectivity index (χ1v) is 11.6. The Hall–Kier alpha value is -3.46. The van der Waals surface area contributed by atoms with Gasteiger partial charge in [0, 0.05) is 32.0 Å². The highest BCUT2D eigenvalue weighted by atomic mass is 19.1. The van der Waals surface area contributed by atoms with E-state index in [4.69, 9.17) is 4.74 Å². The van der Waals surface area contributed by atoms with E-state index in [0.717, 1.165) is 22.0 Å². The molecular weight excluding hydrogens is 454 g/mol. The normalized spacial score (nSPS) is 17.4. The second-order valence-electron chi connectivity index (χ2n) is 9.19. The maximum atomic E-state index is 14.2. The molecule has 2 aromatic carbocycles. The molecule has 186 valence electrons. The van der Waals surface area contributed by atoms with Crippen LogP contribution in [-0.4, -0.2) is 70.3 Å². The van der Waals surface area contributed by atoms with Crippen molar-refractivity contribution in [2.45, 2.75) is 38.3 Å². The predicted octanol–water partition coefficient (Wildman–Crippen LogP) is 4.42. The molecule has 0 aliphatic heterocycles. The van der Waals surface area contributed by atoms with Gasteiger partial charge in [-0.25, -0.2) is 8.78 Å². The number of ether oxygens (including phenoxy) is 1. The zero-order valence-corrected chi connectivity index (χ0v) is 20.1. The van der Waals surface area contributed by atoms with Gasteiger partial charge in [-0.05, 0) is 61.5 Å². The molecule has 0 unspecified atom stereocenters. The number of hydrogen-bond acceptors (Lipinski definition) is 5. The van der Waals surface area contributed by atoms with Crippen LogP contribution < -0.4 is 4.74 Å². The third kappa shape index (κ3) is 5.14. The number of phenolic OH excluding ortho intramolecular Hbond substituents is 1.